The summed E-state index contributed by atoms with van der Waals surface area (Å²) in [5, 5.41) is 8.47. The Morgan fingerprint density at radius 3 is 3.00 bits per heavy atom. The van der Waals surface area contributed by atoms with Gasteiger partial charge in [0.1, 0.15) is 0 Å². The number of sulfone groups is 1. The predicted octanol–water partition coefficient (Wildman–Crippen LogP) is -0.217. The second kappa shape index (κ2) is 4.16. The van der Waals surface area contributed by atoms with Crippen LogP contribution < -0.4 is 5.32 Å². The highest BCUT2D eigenvalue weighted by molar-refractivity contribution is 7.94. The third-order valence-electron chi connectivity index (χ3n) is 2.24. The second-order valence-corrected chi connectivity index (χ2v) is 5.42. The molecule has 1 unspecified atom stereocenters. The number of hydrogen-bond acceptors (Lipinski definition) is 4. The summed E-state index contributed by atoms with van der Waals surface area (Å²) >= 11 is 0. The normalized spacial score (nSPS) is 23.3. The van der Waals surface area contributed by atoms with E-state index in [0.717, 1.165) is 6.54 Å². The molecule has 6 heteroatoms. The van der Waals surface area contributed by atoms with Crippen LogP contribution in [0.25, 0.3) is 0 Å². The highest BCUT2D eigenvalue weighted by Crippen LogP contribution is 2.07. The Hall–Kier alpha value is -1.14. The molecule has 0 radical (unpaired) electrons. The Kier molecular flexibility index (Phi) is 2.88. The van der Waals surface area contributed by atoms with Crippen LogP contribution in [-0.4, -0.2) is 36.5 Å². The average Bonchev–Trinajstić information content (AvgIpc) is 2.76. The standard InChI is InChI=1S/C9H13N3O2S/c13-15(14)7-2-9(8-15)10-4-6-12-5-1-3-11-12/h1-3,5,7,9-10H,4,6,8H2. The molecule has 0 saturated heterocycles. The van der Waals surface area contributed by atoms with Gasteiger partial charge >= 0.3 is 0 Å². The monoisotopic (exact) mass is 227 g/mol. The Labute approximate surface area is 88.7 Å². The van der Waals surface area contributed by atoms with Crippen molar-refractivity contribution >= 4 is 9.84 Å². The summed E-state index contributed by atoms with van der Waals surface area (Å²) in [5.41, 5.74) is 0. The fourth-order valence-corrected chi connectivity index (χ4v) is 2.77. The smallest absolute Gasteiger partial charge is 0.173 e. The van der Waals surface area contributed by atoms with Crippen molar-refractivity contribution in [2.24, 2.45) is 0 Å². The van der Waals surface area contributed by atoms with Crippen molar-refractivity contribution in [3.8, 4) is 0 Å². The van der Waals surface area contributed by atoms with Gasteiger partial charge in [-0.1, -0.05) is 6.08 Å². The van der Waals surface area contributed by atoms with Gasteiger partial charge in [-0.2, -0.15) is 5.10 Å². The molecule has 2 heterocycles. The van der Waals surface area contributed by atoms with Crippen molar-refractivity contribution in [3.63, 3.8) is 0 Å². The zero-order valence-corrected chi connectivity index (χ0v) is 9.02. The van der Waals surface area contributed by atoms with Gasteiger partial charge in [-0.3, -0.25) is 4.68 Å². The SMILES string of the molecule is O=S1(=O)C=CC(NCCn2cccn2)C1. The van der Waals surface area contributed by atoms with E-state index >= 15 is 0 Å². The maximum atomic E-state index is 11.1. The van der Waals surface area contributed by atoms with Crippen molar-refractivity contribution in [2.75, 3.05) is 12.3 Å². The minimum Gasteiger partial charge on any atom is -0.308 e. The van der Waals surface area contributed by atoms with Crippen molar-refractivity contribution in [2.45, 2.75) is 12.6 Å². The highest BCUT2D eigenvalue weighted by atomic mass is 32.2. The van der Waals surface area contributed by atoms with E-state index in [4.69, 9.17) is 0 Å². The zero-order valence-electron chi connectivity index (χ0n) is 8.20. The van der Waals surface area contributed by atoms with Crippen LogP contribution in [0.2, 0.25) is 0 Å². The van der Waals surface area contributed by atoms with E-state index in [9.17, 15) is 8.42 Å². The van der Waals surface area contributed by atoms with E-state index < -0.39 is 9.84 Å². The lowest BCUT2D eigenvalue weighted by molar-refractivity contribution is 0.534. The van der Waals surface area contributed by atoms with Gasteiger partial charge in [-0.05, 0) is 6.07 Å². The second-order valence-electron chi connectivity index (χ2n) is 3.49. The fraction of sp³-hybridized carbons (Fsp3) is 0.444. The summed E-state index contributed by atoms with van der Waals surface area (Å²) in [7, 11) is -2.95. The summed E-state index contributed by atoms with van der Waals surface area (Å²) in [6.45, 7) is 1.46. The first-order valence-electron chi connectivity index (χ1n) is 4.77. The topological polar surface area (TPSA) is 64.0 Å². The highest BCUT2D eigenvalue weighted by Gasteiger charge is 2.20. The molecule has 2 rings (SSSR count). The van der Waals surface area contributed by atoms with Crippen molar-refractivity contribution < 1.29 is 8.42 Å². The minimum absolute atomic E-state index is 0.0504. The lowest BCUT2D eigenvalue weighted by Crippen LogP contribution is -2.32. The molecule has 1 N–H and O–H groups in total. The number of nitrogens with zero attached hydrogens (tertiary/aromatic N) is 2. The molecular weight excluding hydrogens is 214 g/mol. The summed E-state index contributed by atoms with van der Waals surface area (Å²) in [4.78, 5) is 0. The molecule has 82 valence electrons. The molecule has 0 amide bonds. The van der Waals surface area contributed by atoms with Crippen LogP contribution in [0.15, 0.2) is 29.9 Å². The van der Waals surface area contributed by atoms with E-state index in [1.54, 1.807) is 17.0 Å². The molecule has 0 bridgehead atoms. The van der Waals surface area contributed by atoms with Crippen LogP contribution in [0.4, 0.5) is 0 Å². The molecule has 5 nitrogen and oxygen atoms in total. The van der Waals surface area contributed by atoms with E-state index in [-0.39, 0.29) is 11.8 Å². The molecular formula is C9H13N3O2S. The molecule has 0 fully saturated rings. The quantitative estimate of drug-likeness (QED) is 0.772. The summed E-state index contributed by atoms with van der Waals surface area (Å²) < 4.78 is 24.0. The summed E-state index contributed by atoms with van der Waals surface area (Å²) in [6, 6.07) is 1.81. The van der Waals surface area contributed by atoms with Crippen LogP contribution in [0.5, 0.6) is 0 Å². The lowest BCUT2D eigenvalue weighted by Gasteiger charge is -2.09. The van der Waals surface area contributed by atoms with Crippen LogP contribution in [0, 0.1) is 0 Å². The number of hydrogen-bond donors (Lipinski definition) is 1. The van der Waals surface area contributed by atoms with Gasteiger partial charge in [0, 0.05) is 30.4 Å². The van der Waals surface area contributed by atoms with Gasteiger partial charge in [0.15, 0.2) is 9.84 Å². The van der Waals surface area contributed by atoms with Gasteiger partial charge in [0.25, 0.3) is 0 Å². The third kappa shape index (κ3) is 2.90. The molecule has 15 heavy (non-hydrogen) atoms. The number of rotatable bonds is 4. The van der Waals surface area contributed by atoms with Gasteiger partial charge < -0.3 is 5.32 Å². The Morgan fingerprint density at radius 1 is 1.53 bits per heavy atom. The molecule has 0 aromatic carbocycles. The van der Waals surface area contributed by atoms with Gasteiger partial charge in [0.2, 0.25) is 0 Å². The Morgan fingerprint density at radius 2 is 2.40 bits per heavy atom. The van der Waals surface area contributed by atoms with Crippen molar-refractivity contribution in [1.82, 2.24) is 15.1 Å². The number of nitrogens with one attached hydrogen (secondary N) is 1. The van der Waals surface area contributed by atoms with Crippen LogP contribution in [0.1, 0.15) is 0 Å². The van der Waals surface area contributed by atoms with E-state index in [1.165, 1.54) is 5.41 Å². The molecule has 0 spiro atoms. The Bertz CT molecular complexity index is 436. The maximum Gasteiger partial charge on any atom is 0.173 e. The summed E-state index contributed by atoms with van der Waals surface area (Å²) in [6.07, 6.45) is 5.29. The van der Waals surface area contributed by atoms with Crippen LogP contribution >= 0.6 is 0 Å². The van der Waals surface area contributed by atoms with Gasteiger partial charge in [-0.15, -0.1) is 0 Å². The minimum atomic E-state index is -2.95. The van der Waals surface area contributed by atoms with E-state index in [1.807, 2.05) is 12.3 Å². The molecule has 0 saturated carbocycles. The Balaban J connectivity index is 1.74. The molecule has 1 aromatic rings. The first-order chi connectivity index (χ1) is 7.16. The predicted molar refractivity (Wildman–Crippen MR) is 56.9 cm³/mol. The van der Waals surface area contributed by atoms with E-state index in [2.05, 4.69) is 10.4 Å². The maximum absolute atomic E-state index is 11.1. The zero-order chi connectivity index (χ0) is 10.7. The first kappa shape index (κ1) is 10.4. The molecule has 1 aliphatic rings. The fourth-order valence-electron chi connectivity index (χ4n) is 1.50. The molecule has 1 aromatic heterocycles. The van der Waals surface area contributed by atoms with E-state index in [0.29, 0.717) is 6.54 Å². The lowest BCUT2D eigenvalue weighted by atomic mass is 10.3. The third-order valence-corrected chi connectivity index (χ3v) is 3.63. The largest absolute Gasteiger partial charge is 0.308 e. The summed E-state index contributed by atoms with van der Waals surface area (Å²) in [5.74, 6) is 0.173. The van der Waals surface area contributed by atoms with Gasteiger partial charge in [-0.25, -0.2) is 8.42 Å². The van der Waals surface area contributed by atoms with Crippen LogP contribution in [-0.2, 0) is 16.4 Å². The van der Waals surface area contributed by atoms with Gasteiger partial charge in [0.05, 0.1) is 12.3 Å². The van der Waals surface area contributed by atoms with Crippen molar-refractivity contribution in [3.05, 3.63) is 29.9 Å². The number of aromatic nitrogens is 2. The molecule has 1 aliphatic heterocycles. The first-order valence-corrected chi connectivity index (χ1v) is 6.49. The molecule has 0 aliphatic carbocycles. The van der Waals surface area contributed by atoms with Crippen molar-refractivity contribution in [1.29, 1.82) is 0 Å². The molecule has 1 atom stereocenters. The average molecular weight is 227 g/mol. The van der Waals surface area contributed by atoms with Crippen LogP contribution in [0.3, 0.4) is 0 Å².